The molecule has 1 unspecified atom stereocenters. The van der Waals surface area contributed by atoms with Gasteiger partial charge in [-0.2, -0.15) is 0 Å². The van der Waals surface area contributed by atoms with Gasteiger partial charge in [-0.05, 0) is 66.7 Å². The fourth-order valence-electron chi connectivity index (χ4n) is 5.36. The summed E-state index contributed by atoms with van der Waals surface area (Å²) in [7, 11) is 0. The zero-order valence-corrected chi connectivity index (χ0v) is 19.8. The van der Waals surface area contributed by atoms with Gasteiger partial charge in [-0.15, -0.1) is 0 Å². The van der Waals surface area contributed by atoms with Crippen molar-refractivity contribution in [1.29, 1.82) is 0 Å². The summed E-state index contributed by atoms with van der Waals surface area (Å²) in [5.41, 5.74) is 3.22. The van der Waals surface area contributed by atoms with Crippen molar-refractivity contribution in [2.75, 3.05) is 26.2 Å². The zero-order chi connectivity index (χ0) is 24.6. The summed E-state index contributed by atoms with van der Waals surface area (Å²) in [5, 5.41) is 10.4. The van der Waals surface area contributed by atoms with Gasteiger partial charge in [-0.1, -0.05) is 48.9 Å². The molecule has 36 heavy (non-hydrogen) atoms. The molecule has 0 spiro atoms. The van der Waals surface area contributed by atoms with Gasteiger partial charge in [0.25, 0.3) is 0 Å². The molecule has 0 aromatic heterocycles. The molecule has 2 aliphatic rings. The molecular weight excluding hydrogens is 460 g/mol. The number of para-hydroxylation sites is 1. The number of phenolic OH excluding ortho intramolecular Hbond substituents is 1. The van der Waals surface area contributed by atoms with E-state index < -0.39 is 23.5 Å². The van der Waals surface area contributed by atoms with Crippen molar-refractivity contribution >= 4 is 10.8 Å². The topological polar surface area (TPSA) is 41.9 Å². The molecule has 184 valence electrons. The van der Waals surface area contributed by atoms with Crippen LogP contribution in [0.25, 0.3) is 21.9 Å². The molecule has 0 aliphatic carbocycles. The van der Waals surface area contributed by atoms with Crippen LogP contribution in [0.2, 0.25) is 0 Å². The van der Waals surface area contributed by atoms with Crippen LogP contribution in [-0.2, 0) is 0 Å². The van der Waals surface area contributed by atoms with Crippen LogP contribution in [0, 0.1) is 11.6 Å². The Morgan fingerprint density at radius 3 is 2.47 bits per heavy atom. The molecule has 6 rings (SSSR count). The summed E-state index contributed by atoms with van der Waals surface area (Å²) >= 11 is 0. The summed E-state index contributed by atoms with van der Waals surface area (Å²) in [6, 6.07) is 19.9. The lowest BCUT2D eigenvalue weighted by atomic mass is 9.85. The van der Waals surface area contributed by atoms with E-state index in [1.54, 1.807) is 6.07 Å². The Hall–Kier alpha value is -3.64. The molecule has 1 atom stereocenters. The lowest BCUT2D eigenvalue weighted by Gasteiger charge is -2.30. The maximum atomic E-state index is 14.8. The van der Waals surface area contributed by atoms with Gasteiger partial charge in [0.15, 0.2) is 23.5 Å². The number of rotatable bonds is 5. The third-order valence-electron chi connectivity index (χ3n) is 7.22. The number of hydrogen-bond donors (Lipinski definition) is 1. The Kier molecular flexibility index (Phi) is 5.97. The first-order chi connectivity index (χ1) is 17.6. The standard InChI is InChI=1S/C30H27F2NO3/c31-25-18-24-23(28(32)29(25)34)13-12-22-21-6-2-3-7-26(21)36-30(27(22)24)19-8-10-20(11-9-19)35-17-16-33-14-4-1-5-15-33/h2-3,6-13,18,30,34H,1,4-5,14-17H2. The quantitative estimate of drug-likeness (QED) is 0.335. The minimum atomic E-state index is -0.997. The molecule has 0 bridgehead atoms. The van der Waals surface area contributed by atoms with Crippen LogP contribution in [0.1, 0.15) is 36.5 Å². The largest absolute Gasteiger partial charge is 0.503 e. The van der Waals surface area contributed by atoms with Crippen molar-refractivity contribution in [3.63, 3.8) is 0 Å². The van der Waals surface area contributed by atoms with E-state index in [0.29, 0.717) is 23.3 Å². The number of aromatic hydroxyl groups is 1. The SMILES string of the molecule is Oc1c(F)cc2c3c(ccc2c1F)-c1ccccc1OC3c1ccc(OCCN2CCCCC2)cc1. The lowest BCUT2D eigenvalue weighted by Crippen LogP contribution is -2.33. The monoisotopic (exact) mass is 487 g/mol. The number of fused-ring (bicyclic) bond motifs is 5. The van der Waals surface area contributed by atoms with Gasteiger partial charge in [0, 0.05) is 23.1 Å². The molecule has 4 aromatic carbocycles. The second-order valence-electron chi connectivity index (χ2n) is 9.46. The first-order valence-corrected chi connectivity index (χ1v) is 12.4. The van der Waals surface area contributed by atoms with Crippen molar-refractivity contribution in [2.45, 2.75) is 25.4 Å². The lowest BCUT2D eigenvalue weighted by molar-refractivity contribution is 0.183. The molecule has 1 N–H and O–H groups in total. The molecule has 4 nitrogen and oxygen atoms in total. The van der Waals surface area contributed by atoms with Gasteiger partial charge in [-0.3, -0.25) is 4.90 Å². The van der Waals surface area contributed by atoms with Crippen molar-refractivity contribution in [3.05, 3.63) is 89.5 Å². The number of piperidine rings is 1. The molecule has 0 radical (unpaired) electrons. The van der Waals surface area contributed by atoms with E-state index in [9.17, 15) is 13.9 Å². The van der Waals surface area contributed by atoms with Crippen LogP contribution in [0.3, 0.4) is 0 Å². The van der Waals surface area contributed by atoms with E-state index in [-0.39, 0.29) is 5.39 Å². The van der Waals surface area contributed by atoms with E-state index >= 15 is 0 Å². The third kappa shape index (κ3) is 4.05. The molecule has 2 aliphatic heterocycles. The van der Waals surface area contributed by atoms with Gasteiger partial charge >= 0.3 is 0 Å². The highest BCUT2D eigenvalue weighted by atomic mass is 19.1. The second-order valence-corrected chi connectivity index (χ2v) is 9.46. The Bertz CT molecular complexity index is 1410. The van der Waals surface area contributed by atoms with Gasteiger partial charge in [0.1, 0.15) is 18.1 Å². The summed E-state index contributed by atoms with van der Waals surface area (Å²) in [6.07, 6.45) is 3.24. The van der Waals surface area contributed by atoms with Crippen LogP contribution in [-0.4, -0.2) is 36.2 Å². The number of likely N-dealkylation sites (tertiary alicyclic amines) is 1. The number of hydrogen-bond acceptors (Lipinski definition) is 4. The first-order valence-electron chi connectivity index (χ1n) is 12.4. The van der Waals surface area contributed by atoms with E-state index in [0.717, 1.165) is 42.1 Å². The maximum absolute atomic E-state index is 14.8. The number of nitrogens with zero attached hydrogens (tertiary/aromatic N) is 1. The molecule has 2 heterocycles. The van der Waals surface area contributed by atoms with Gasteiger partial charge in [-0.25, -0.2) is 8.78 Å². The van der Waals surface area contributed by atoms with E-state index in [1.165, 1.54) is 25.3 Å². The summed E-state index contributed by atoms with van der Waals surface area (Å²) in [6.45, 7) is 3.81. The van der Waals surface area contributed by atoms with Gasteiger partial charge in [0.2, 0.25) is 0 Å². The summed E-state index contributed by atoms with van der Waals surface area (Å²) in [5.74, 6) is -1.46. The number of benzene rings is 4. The van der Waals surface area contributed by atoms with E-state index in [4.69, 9.17) is 9.47 Å². The van der Waals surface area contributed by atoms with Crippen molar-refractivity contribution in [3.8, 4) is 28.4 Å². The average molecular weight is 488 g/mol. The predicted molar refractivity (Wildman–Crippen MR) is 136 cm³/mol. The first kappa shape index (κ1) is 22.8. The van der Waals surface area contributed by atoms with Crippen LogP contribution >= 0.6 is 0 Å². The highest BCUT2D eigenvalue weighted by Gasteiger charge is 2.30. The van der Waals surface area contributed by atoms with Gasteiger partial charge in [0.05, 0.1) is 0 Å². The van der Waals surface area contributed by atoms with Crippen LogP contribution in [0.4, 0.5) is 8.78 Å². The fourth-order valence-corrected chi connectivity index (χ4v) is 5.36. The van der Waals surface area contributed by atoms with Crippen molar-refractivity contribution in [1.82, 2.24) is 4.90 Å². The molecule has 0 saturated carbocycles. The number of phenols is 1. The molecular formula is C30H27F2NO3. The number of halogens is 2. The van der Waals surface area contributed by atoms with Crippen LogP contribution in [0.5, 0.6) is 17.2 Å². The van der Waals surface area contributed by atoms with E-state index in [2.05, 4.69) is 4.90 Å². The Balaban J connectivity index is 1.35. The highest BCUT2D eigenvalue weighted by Crippen LogP contribution is 2.48. The molecule has 4 aromatic rings. The maximum Gasteiger partial charge on any atom is 0.188 e. The van der Waals surface area contributed by atoms with Crippen molar-refractivity contribution in [2.24, 2.45) is 0 Å². The van der Waals surface area contributed by atoms with Crippen LogP contribution in [0.15, 0.2) is 66.7 Å². The minimum Gasteiger partial charge on any atom is -0.503 e. The predicted octanol–water partition coefficient (Wildman–Crippen LogP) is 6.84. The Labute approximate surface area is 208 Å². The molecule has 0 amide bonds. The number of ether oxygens (including phenoxy) is 2. The Morgan fingerprint density at radius 2 is 1.67 bits per heavy atom. The molecule has 1 saturated heterocycles. The average Bonchev–Trinajstić information content (AvgIpc) is 2.92. The Morgan fingerprint density at radius 1 is 0.889 bits per heavy atom. The third-order valence-corrected chi connectivity index (χ3v) is 7.22. The highest BCUT2D eigenvalue weighted by molar-refractivity contribution is 5.95. The smallest absolute Gasteiger partial charge is 0.188 e. The van der Waals surface area contributed by atoms with Gasteiger partial charge < -0.3 is 14.6 Å². The van der Waals surface area contributed by atoms with Crippen molar-refractivity contribution < 1.29 is 23.4 Å². The molecule has 1 fully saturated rings. The zero-order valence-electron chi connectivity index (χ0n) is 19.8. The minimum absolute atomic E-state index is 0.151. The summed E-state index contributed by atoms with van der Waals surface area (Å²) in [4.78, 5) is 2.43. The second kappa shape index (κ2) is 9.43. The summed E-state index contributed by atoms with van der Waals surface area (Å²) < 4.78 is 41.7. The molecule has 6 heteroatoms. The normalized spacial score (nSPS) is 17.3. The fraction of sp³-hybridized carbons (Fsp3) is 0.267. The van der Waals surface area contributed by atoms with E-state index in [1.807, 2.05) is 54.6 Å². The van der Waals surface area contributed by atoms with Crippen LogP contribution < -0.4 is 9.47 Å².